The number of hydrogen-bond donors (Lipinski definition) is 1. The van der Waals surface area contributed by atoms with Crippen molar-refractivity contribution in [3.8, 4) is 11.5 Å². The number of aliphatic hydroxyl groups is 1. The summed E-state index contributed by atoms with van der Waals surface area (Å²) >= 11 is 0. The number of rotatable bonds is 8. The highest BCUT2D eigenvalue weighted by molar-refractivity contribution is 6.16. The van der Waals surface area contributed by atoms with E-state index in [1.807, 2.05) is 39.0 Å². The van der Waals surface area contributed by atoms with Crippen LogP contribution in [-0.4, -0.2) is 41.5 Å². The molecule has 2 aromatic carbocycles. The Balaban J connectivity index is 1.85. The molecule has 1 aromatic heterocycles. The Hall–Kier alpha value is -3.74. The standard InChI is InChI=1S/C26H27NO6/c1-5-13-27-22(17-10-6-7-11-18(17)32-15(2)3)21(24(29)26(27)30)23(28)20-14-16-9-8-12-19(31-4)25(16)33-20/h6-12,14-15,22,29H,5,13H2,1-4H3. The van der Waals surface area contributed by atoms with Gasteiger partial charge in [-0.1, -0.05) is 37.3 Å². The van der Waals surface area contributed by atoms with Crippen molar-refractivity contribution in [3.63, 3.8) is 0 Å². The zero-order valence-electron chi connectivity index (χ0n) is 19.1. The maximum Gasteiger partial charge on any atom is 0.290 e. The minimum absolute atomic E-state index is 0.0220. The van der Waals surface area contributed by atoms with E-state index in [9.17, 15) is 14.7 Å². The van der Waals surface area contributed by atoms with E-state index in [2.05, 4.69) is 0 Å². The number of furan rings is 1. The van der Waals surface area contributed by atoms with Gasteiger partial charge in [-0.05, 0) is 38.5 Å². The molecule has 0 saturated carbocycles. The molecule has 0 bridgehead atoms. The number of carbonyl (C=O) groups is 2. The highest BCUT2D eigenvalue weighted by atomic mass is 16.5. The van der Waals surface area contributed by atoms with E-state index in [4.69, 9.17) is 13.9 Å². The van der Waals surface area contributed by atoms with Gasteiger partial charge in [-0.15, -0.1) is 0 Å². The Morgan fingerprint density at radius 2 is 1.88 bits per heavy atom. The molecule has 1 unspecified atom stereocenters. The van der Waals surface area contributed by atoms with Crippen molar-refractivity contribution in [2.75, 3.05) is 13.7 Å². The van der Waals surface area contributed by atoms with Crippen molar-refractivity contribution in [3.05, 3.63) is 71.2 Å². The summed E-state index contributed by atoms with van der Waals surface area (Å²) in [5.41, 5.74) is 1.04. The second-order valence-corrected chi connectivity index (χ2v) is 8.19. The number of hydrogen-bond acceptors (Lipinski definition) is 6. The van der Waals surface area contributed by atoms with E-state index in [-0.39, 0.29) is 17.4 Å². The molecule has 0 fully saturated rings. The molecule has 1 amide bonds. The van der Waals surface area contributed by atoms with Crippen LogP contribution < -0.4 is 9.47 Å². The normalized spacial score (nSPS) is 16.2. The number of aliphatic hydroxyl groups excluding tert-OH is 1. The fourth-order valence-corrected chi connectivity index (χ4v) is 4.19. The molecule has 0 aliphatic carbocycles. The molecule has 1 aliphatic heterocycles. The third-order valence-electron chi connectivity index (χ3n) is 5.54. The quantitative estimate of drug-likeness (QED) is 0.475. The fourth-order valence-electron chi connectivity index (χ4n) is 4.19. The summed E-state index contributed by atoms with van der Waals surface area (Å²) in [5, 5.41) is 11.5. The highest BCUT2D eigenvalue weighted by Crippen LogP contribution is 2.43. The summed E-state index contributed by atoms with van der Waals surface area (Å²) in [6, 6.07) is 13.4. The smallest absolute Gasteiger partial charge is 0.290 e. The number of amides is 1. The molecule has 1 atom stereocenters. The first kappa shape index (κ1) is 22.5. The first-order chi connectivity index (χ1) is 15.9. The molecule has 0 radical (unpaired) electrons. The van der Waals surface area contributed by atoms with Gasteiger partial charge in [0.2, 0.25) is 5.78 Å². The van der Waals surface area contributed by atoms with Crippen molar-refractivity contribution >= 4 is 22.7 Å². The third-order valence-corrected chi connectivity index (χ3v) is 5.54. The van der Waals surface area contributed by atoms with Gasteiger partial charge in [0.15, 0.2) is 22.9 Å². The van der Waals surface area contributed by atoms with Crippen molar-refractivity contribution in [1.29, 1.82) is 0 Å². The van der Waals surface area contributed by atoms with Crippen LogP contribution in [0.4, 0.5) is 0 Å². The average Bonchev–Trinajstić information content (AvgIpc) is 3.34. The molecule has 33 heavy (non-hydrogen) atoms. The predicted molar refractivity (Wildman–Crippen MR) is 124 cm³/mol. The molecule has 2 heterocycles. The maximum absolute atomic E-state index is 13.7. The number of methoxy groups -OCH3 is 1. The number of carbonyl (C=O) groups excluding carboxylic acids is 2. The number of ether oxygens (including phenoxy) is 2. The van der Waals surface area contributed by atoms with Crippen LogP contribution in [0.3, 0.4) is 0 Å². The van der Waals surface area contributed by atoms with E-state index in [0.717, 1.165) is 0 Å². The Bertz CT molecular complexity index is 1240. The van der Waals surface area contributed by atoms with Crippen molar-refractivity contribution in [1.82, 2.24) is 4.90 Å². The second kappa shape index (κ2) is 9.02. The number of para-hydroxylation sites is 2. The first-order valence-corrected chi connectivity index (χ1v) is 11.0. The van der Waals surface area contributed by atoms with Crippen LogP contribution in [0.2, 0.25) is 0 Å². The van der Waals surface area contributed by atoms with Gasteiger partial charge in [0.1, 0.15) is 5.75 Å². The van der Waals surface area contributed by atoms with Crippen molar-refractivity contribution in [2.24, 2.45) is 0 Å². The molecular weight excluding hydrogens is 422 g/mol. The van der Waals surface area contributed by atoms with E-state index in [1.54, 1.807) is 30.3 Å². The summed E-state index contributed by atoms with van der Waals surface area (Å²) in [5.74, 6) is -0.634. The van der Waals surface area contributed by atoms with Gasteiger partial charge in [0, 0.05) is 17.5 Å². The zero-order chi connectivity index (χ0) is 23.7. The van der Waals surface area contributed by atoms with Gasteiger partial charge < -0.3 is 23.9 Å². The molecule has 3 aromatic rings. The molecular formula is C26H27NO6. The summed E-state index contributed by atoms with van der Waals surface area (Å²) < 4.78 is 17.1. The maximum atomic E-state index is 13.7. The topological polar surface area (TPSA) is 89.2 Å². The van der Waals surface area contributed by atoms with Crippen LogP contribution in [0.25, 0.3) is 11.0 Å². The summed E-state index contributed by atoms with van der Waals surface area (Å²) in [6.07, 6.45) is 0.550. The number of nitrogens with zero attached hydrogens (tertiary/aromatic N) is 1. The lowest BCUT2D eigenvalue weighted by atomic mass is 9.94. The molecule has 4 rings (SSSR count). The molecule has 172 valence electrons. The predicted octanol–water partition coefficient (Wildman–Crippen LogP) is 5.22. The molecule has 7 heteroatoms. The van der Waals surface area contributed by atoms with Crippen LogP contribution in [0.1, 0.15) is 49.4 Å². The minimum Gasteiger partial charge on any atom is -0.503 e. The lowest BCUT2D eigenvalue weighted by molar-refractivity contribution is -0.129. The molecule has 7 nitrogen and oxygen atoms in total. The van der Waals surface area contributed by atoms with Crippen molar-refractivity contribution < 1.29 is 28.6 Å². The Labute approximate surface area is 192 Å². The van der Waals surface area contributed by atoms with Crippen LogP contribution in [-0.2, 0) is 4.79 Å². The minimum atomic E-state index is -0.796. The van der Waals surface area contributed by atoms with Gasteiger partial charge in [-0.2, -0.15) is 0 Å². The van der Waals surface area contributed by atoms with E-state index in [0.29, 0.717) is 41.0 Å². The number of Topliss-reactive ketones (excluding diaryl/α,β-unsaturated/α-hetero) is 1. The number of ketones is 1. The van der Waals surface area contributed by atoms with Gasteiger partial charge in [-0.3, -0.25) is 9.59 Å². The van der Waals surface area contributed by atoms with Crippen LogP contribution in [0.5, 0.6) is 11.5 Å². The van der Waals surface area contributed by atoms with Crippen LogP contribution in [0, 0.1) is 0 Å². The lowest BCUT2D eigenvalue weighted by Crippen LogP contribution is -2.32. The Morgan fingerprint density at radius 3 is 2.58 bits per heavy atom. The average molecular weight is 450 g/mol. The fraction of sp³-hybridized carbons (Fsp3) is 0.308. The van der Waals surface area contributed by atoms with Crippen LogP contribution in [0.15, 0.2) is 64.3 Å². The van der Waals surface area contributed by atoms with Gasteiger partial charge in [0.05, 0.1) is 24.8 Å². The van der Waals surface area contributed by atoms with Gasteiger partial charge in [0.25, 0.3) is 5.91 Å². The largest absolute Gasteiger partial charge is 0.503 e. The van der Waals surface area contributed by atoms with Gasteiger partial charge >= 0.3 is 0 Å². The van der Waals surface area contributed by atoms with Crippen LogP contribution >= 0.6 is 0 Å². The zero-order valence-corrected chi connectivity index (χ0v) is 19.1. The van der Waals surface area contributed by atoms with E-state index < -0.39 is 23.5 Å². The molecule has 1 N–H and O–H groups in total. The monoisotopic (exact) mass is 449 g/mol. The number of fused-ring (bicyclic) bond motifs is 1. The molecule has 0 saturated heterocycles. The SMILES string of the molecule is CCCN1C(=O)C(O)=C(C(=O)c2cc3cccc(OC)c3o2)C1c1ccccc1OC(C)C. The summed E-state index contributed by atoms with van der Waals surface area (Å²) in [6.45, 7) is 6.11. The second-order valence-electron chi connectivity index (χ2n) is 8.19. The summed E-state index contributed by atoms with van der Waals surface area (Å²) in [7, 11) is 1.52. The van der Waals surface area contributed by atoms with E-state index >= 15 is 0 Å². The molecule has 0 spiro atoms. The molecule has 1 aliphatic rings. The van der Waals surface area contributed by atoms with E-state index in [1.165, 1.54) is 12.0 Å². The third kappa shape index (κ3) is 3.95. The number of benzene rings is 2. The Morgan fingerprint density at radius 1 is 1.15 bits per heavy atom. The highest BCUT2D eigenvalue weighted by Gasteiger charge is 2.45. The first-order valence-electron chi connectivity index (χ1n) is 11.0. The summed E-state index contributed by atoms with van der Waals surface area (Å²) in [4.78, 5) is 28.2. The van der Waals surface area contributed by atoms with Gasteiger partial charge in [-0.25, -0.2) is 0 Å². The van der Waals surface area contributed by atoms with Crippen molar-refractivity contribution in [2.45, 2.75) is 39.3 Å². The lowest BCUT2D eigenvalue weighted by Gasteiger charge is -2.28. The Kier molecular flexibility index (Phi) is 6.14.